The molecule has 0 atom stereocenters. The molecule has 0 aliphatic carbocycles. The average molecular weight is 477 g/mol. The Morgan fingerprint density at radius 3 is 0.963 bits per heavy atom. The minimum absolute atomic E-state index is 0.777. The van der Waals surface area contributed by atoms with Gasteiger partial charge in [-0.25, -0.2) is 0 Å². The van der Waals surface area contributed by atoms with Gasteiger partial charge in [0, 0.05) is 0 Å². The van der Waals surface area contributed by atoms with Gasteiger partial charge in [0.1, 0.15) is 0 Å². The van der Waals surface area contributed by atoms with E-state index in [1.54, 1.807) is 0 Å². The van der Waals surface area contributed by atoms with Crippen molar-refractivity contribution in [2.24, 2.45) is 0 Å². The van der Waals surface area contributed by atoms with Crippen molar-refractivity contribution in [2.45, 2.75) is 0 Å². The van der Waals surface area contributed by atoms with Gasteiger partial charge in [0.15, 0.2) is 0 Å². The van der Waals surface area contributed by atoms with Crippen molar-refractivity contribution in [3.05, 3.63) is 121 Å². The SMILES string of the molecule is [Cl][Ru].c1ccc(-c2ccccc2)cc1.c1ccc(Pc2ccccc2)cc1. The molecule has 0 aromatic heterocycles. The Morgan fingerprint density at radius 2 is 0.667 bits per heavy atom. The molecule has 0 bridgehead atoms. The van der Waals surface area contributed by atoms with Crippen LogP contribution >= 0.6 is 18.3 Å². The van der Waals surface area contributed by atoms with Gasteiger partial charge in [-0.1, -0.05) is 130 Å². The quantitative estimate of drug-likeness (QED) is 0.238. The van der Waals surface area contributed by atoms with Crippen LogP contribution < -0.4 is 10.6 Å². The summed E-state index contributed by atoms with van der Waals surface area (Å²) in [7, 11) is 5.35. The molecule has 0 unspecified atom stereocenters. The average Bonchev–Trinajstić information content (AvgIpc) is 2.78. The molecule has 0 spiro atoms. The van der Waals surface area contributed by atoms with Crippen LogP contribution in [-0.4, -0.2) is 0 Å². The Morgan fingerprint density at radius 1 is 0.407 bits per heavy atom. The minimum Gasteiger partial charge on any atom is -0.0622 e. The Kier molecular flexibility index (Phi) is 10.7. The molecular weight excluding hydrogens is 456 g/mol. The molecule has 4 aromatic carbocycles. The van der Waals surface area contributed by atoms with E-state index in [9.17, 15) is 0 Å². The summed E-state index contributed by atoms with van der Waals surface area (Å²) in [6.07, 6.45) is 0. The van der Waals surface area contributed by atoms with Gasteiger partial charge in [-0.2, -0.15) is 0 Å². The summed E-state index contributed by atoms with van der Waals surface area (Å²) in [5, 5.41) is 2.79. The Bertz CT molecular complexity index is 779. The Hall–Kier alpha value is -1.78. The van der Waals surface area contributed by atoms with E-state index in [-0.39, 0.29) is 0 Å². The van der Waals surface area contributed by atoms with E-state index in [0.717, 1.165) is 8.58 Å². The van der Waals surface area contributed by atoms with E-state index < -0.39 is 0 Å². The molecule has 0 radical (unpaired) electrons. The van der Waals surface area contributed by atoms with Gasteiger partial charge in [-0.3, -0.25) is 0 Å². The summed E-state index contributed by atoms with van der Waals surface area (Å²) >= 11 is 1.82. The Balaban J connectivity index is 0.000000178. The van der Waals surface area contributed by atoms with Crippen LogP contribution in [-0.2, 0) is 17.3 Å². The van der Waals surface area contributed by atoms with Crippen LogP contribution in [0.15, 0.2) is 121 Å². The molecule has 4 rings (SSSR count). The van der Waals surface area contributed by atoms with Crippen LogP contribution in [0, 0.1) is 0 Å². The number of hydrogen-bond donors (Lipinski definition) is 0. The van der Waals surface area contributed by atoms with Crippen LogP contribution in [0.5, 0.6) is 0 Å². The maximum Gasteiger partial charge on any atom is -0.0184 e. The standard InChI is InChI=1S/C12H11P.C12H10.ClH.Ru/c1-3-7-11(8-4-1)13-12-9-5-2-6-10-12;1-3-7-11(8-4-1)12-9-5-2-6-10-12;;/h1-10,13H;1-10H;1H;/q;;;+1/p-1. The first-order chi connectivity index (χ1) is 13.4. The molecule has 0 aliphatic heterocycles. The number of benzene rings is 4. The van der Waals surface area contributed by atoms with Crippen LogP contribution in [0.4, 0.5) is 0 Å². The largest absolute Gasteiger partial charge is 0.0622 e. The van der Waals surface area contributed by atoms with Crippen LogP contribution in [0.1, 0.15) is 0 Å². The van der Waals surface area contributed by atoms with Gasteiger partial charge in [-0.05, 0) is 21.7 Å². The predicted molar refractivity (Wildman–Crippen MR) is 118 cm³/mol. The van der Waals surface area contributed by atoms with E-state index >= 15 is 0 Å². The summed E-state index contributed by atoms with van der Waals surface area (Å²) in [6.45, 7) is 0. The van der Waals surface area contributed by atoms with Crippen LogP contribution in [0.2, 0.25) is 0 Å². The van der Waals surface area contributed by atoms with Crippen LogP contribution in [0.3, 0.4) is 0 Å². The van der Waals surface area contributed by atoms with E-state index in [0.29, 0.717) is 0 Å². The Labute approximate surface area is 178 Å². The summed E-state index contributed by atoms with van der Waals surface area (Å²) in [5.41, 5.74) is 2.55. The smallest absolute Gasteiger partial charge is 0.0184 e. The van der Waals surface area contributed by atoms with E-state index in [1.807, 2.05) is 29.4 Å². The maximum atomic E-state index is 4.57. The third kappa shape index (κ3) is 8.19. The van der Waals surface area contributed by atoms with E-state index in [1.165, 1.54) is 21.7 Å². The molecule has 4 aromatic rings. The summed E-state index contributed by atoms with van der Waals surface area (Å²) < 4.78 is 0. The molecule has 0 aliphatic rings. The molecule has 137 valence electrons. The fourth-order valence-electron chi connectivity index (χ4n) is 2.47. The molecule has 0 saturated carbocycles. The van der Waals surface area contributed by atoms with Gasteiger partial charge >= 0.3 is 27.0 Å². The topological polar surface area (TPSA) is 0 Å². The zero-order chi connectivity index (χ0) is 19.2. The summed E-state index contributed by atoms with van der Waals surface area (Å²) in [4.78, 5) is 0. The number of rotatable bonds is 3. The zero-order valence-corrected chi connectivity index (χ0v) is 18.3. The molecule has 0 saturated heterocycles. The molecule has 0 N–H and O–H groups in total. The zero-order valence-electron chi connectivity index (χ0n) is 14.8. The number of halogens is 1. The van der Waals surface area contributed by atoms with Gasteiger partial charge in [-0.15, -0.1) is 0 Å². The van der Waals surface area contributed by atoms with Crippen molar-refractivity contribution in [3.63, 3.8) is 0 Å². The van der Waals surface area contributed by atoms with Gasteiger partial charge < -0.3 is 0 Å². The van der Waals surface area contributed by atoms with Gasteiger partial charge in [0.2, 0.25) is 0 Å². The molecule has 27 heavy (non-hydrogen) atoms. The summed E-state index contributed by atoms with van der Waals surface area (Å²) in [5.74, 6) is 0. The van der Waals surface area contributed by atoms with Crippen molar-refractivity contribution in [1.82, 2.24) is 0 Å². The predicted octanol–water partition coefficient (Wildman–Crippen LogP) is 6.36. The van der Waals surface area contributed by atoms with Crippen LogP contribution in [0.25, 0.3) is 11.1 Å². The van der Waals surface area contributed by atoms with Crippen molar-refractivity contribution >= 4 is 28.9 Å². The van der Waals surface area contributed by atoms with Crippen molar-refractivity contribution in [3.8, 4) is 11.1 Å². The fourth-order valence-corrected chi connectivity index (χ4v) is 3.52. The molecule has 0 amide bonds. The third-order valence-electron chi connectivity index (χ3n) is 3.72. The normalized spacial score (nSPS) is 9.26. The van der Waals surface area contributed by atoms with Crippen molar-refractivity contribution < 1.29 is 17.3 Å². The minimum atomic E-state index is 0.777. The fraction of sp³-hybridized carbons (Fsp3) is 0. The first-order valence-corrected chi connectivity index (χ1v) is 11.8. The molecular formula is C24H21ClPRu. The van der Waals surface area contributed by atoms with Gasteiger partial charge in [0.05, 0.1) is 0 Å². The van der Waals surface area contributed by atoms with E-state index in [2.05, 4.69) is 119 Å². The van der Waals surface area contributed by atoms with E-state index in [4.69, 9.17) is 0 Å². The van der Waals surface area contributed by atoms with Crippen molar-refractivity contribution in [2.75, 3.05) is 0 Å². The third-order valence-corrected chi connectivity index (χ3v) is 4.96. The van der Waals surface area contributed by atoms with Crippen molar-refractivity contribution in [1.29, 1.82) is 0 Å². The number of hydrogen-bond acceptors (Lipinski definition) is 0. The summed E-state index contributed by atoms with van der Waals surface area (Å²) in [6, 6.07) is 41.9. The molecule has 3 heteroatoms. The first-order valence-electron chi connectivity index (χ1n) is 8.53. The second-order valence-corrected chi connectivity index (χ2v) is 6.99. The second kappa shape index (κ2) is 13.4. The maximum absolute atomic E-state index is 4.57. The monoisotopic (exact) mass is 477 g/mol. The van der Waals surface area contributed by atoms with Gasteiger partial charge in [0.25, 0.3) is 0 Å². The first kappa shape index (κ1) is 21.5. The molecule has 0 fully saturated rings. The second-order valence-electron chi connectivity index (χ2n) is 5.59. The molecule has 0 nitrogen and oxygen atoms in total. The molecule has 0 heterocycles.